The van der Waals surface area contributed by atoms with Gasteiger partial charge in [-0.05, 0) is 0 Å². The molecular weight excluding hydrogens is 126 g/mol. The number of aliphatic hydroxyl groups is 3. The van der Waals surface area contributed by atoms with E-state index in [-0.39, 0.29) is 0 Å². The van der Waals surface area contributed by atoms with Crippen molar-refractivity contribution in [1.29, 1.82) is 0 Å². The third-order valence-electron chi connectivity index (χ3n) is 1.08. The van der Waals surface area contributed by atoms with E-state index in [1.54, 1.807) is 0 Å². The van der Waals surface area contributed by atoms with Gasteiger partial charge in [-0.25, -0.2) is 0 Å². The minimum atomic E-state index is -1.60. The van der Waals surface area contributed by atoms with E-state index in [1.807, 2.05) is 0 Å². The highest BCUT2D eigenvalue weighted by atomic mass is 16.3. The van der Waals surface area contributed by atoms with Crippen LogP contribution in [0, 0.1) is 4.91 Å². The quantitative estimate of drug-likeness (QED) is 0.408. The fraction of sp³-hybridized carbons (Fsp3) is 1.00. The minimum Gasteiger partial charge on any atom is -0.394 e. The molecule has 0 rings (SSSR count). The summed E-state index contributed by atoms with van der Waals surface area (Å²) in [6, 6.07) is 0. The molecule has 3 N–H and O–H groups in total. The van der Waals surface area contributed by atoms with Gasteiger partial charge in [0.1, 0.15) is 0 Å². The van der Waals surface area contributed by atoms with E-state index in [2.05, 4.69) is 5.18 Å². The third-order valence-corrected chi connectivity index (χ3v) is 1.08. The number of rotatable bonds is 4. The summed E-state index contributed by atoms with van der Waals surface area (Å²) >= 11 is 0. The molecule has 0 spiro atoms. The number of hydrogen-bond donors (Lipinski definition) is 3. The summed E-state index contributed by atoms with van der Waals surface area (Å²) in [7, 11) is 0. The van der Waals surface area contributed by atoms with Gasteiger partial charge in [0.05, 0.1) is 19.8 Å². The Hall–Kier alpha value is -0.520. The van der Waals surface area contributed by atoms with Gasteiger partial charge in [0, 0.05) is 0 Å². The summed E-state index contributed by atoms with van der Waals surface area (Å²) in [5.74, 6) is 0. The number of nitrogens with zero attached hydrogens (tertiary/aromatic N) is 1. The molecule has 0 unspecified atom stereocenters. The van der Waals surface area contributed by atoms with E-state index in [9.17, 15) is 4.91 Å². The maximum Gasteiger partial charge on any atom is 0.171 e. The molecule has 0 radical (unpaired) electrons. The van der Waals surface area contributed by atoms with Gasteiger partial charge in [-0.15, -0.1) is 4.91 Å². The van der Waals surface area contributed by atoms with E-state index in [0.717, 1.165) is 0 Å². The van der Waals surface area contributed by atoms with Crippen molar-refractivity contribution >= 4 is 0 Å². The molecule has 0 atom stereocenters. The molecule has 0 aromatic rings. The molecule has 0 saturated heterocycles. The Bertz CT molecular complexity index is 82.3. The molecule has 5 nitrogen and oxygen atoms in total. The summed E-state index contributed by atoms with van der Waals surface area (Å²) in [5.41, 5.74) is -1.60. The zero-order valence-corrected chi connectivity index (χ0v) is 4.82. The Balaban J connectivity index is 3.98. The second kappa shape index (κ2) is 3.49. The van der Waals surface area contributed by atoms with Crippen LogP contribution < -0.4 is 0 Å². The SMILES string of the molecule is O=NC(CO)(CO)CO. The Morgan fingerprint density at radius 2 is 1.44 bits per heavy atom. The standard InChI is InChI=1S/C4H9NO4/c6-1-4(2-7,3-8)5-9/h6-8H,1-3H2. The van der Waals surface area contributed by atoms with Crippen molar-refractivity contribution in [3.63, 3.8) is 0 Å². The second-order valence-corrected chi connectivity index (χ2v) is 1.79. The monoisotopic (exact) mass is 135 g/mol. The summed E-state index contributed by atoms with van der Waals surface area (Å²) in [5, 5.41) is 27.5. The average Bonchev–Trinajstić information content (AvgIpc) is 1.95. The molecule has 0 fully saturated rings. The minimum absolute atomic E-state index is 0.635. The summed E-state index contributed by atoms with van der Waals surface area (Å²) in [6.45, 7) is -1.91. The predicted molar refractivity (Wildman–Crippen MR) is 29.8 cm³/mol. The van der Waals surface area contributed by atoms with Crippen LogP contribution in [-0.4, -0.2) is 40.7 Å². The smallest absolute Gasteiger partial charge is 0.171 e. The second-order valence-electron chi connectivity index (χ2n) is 1.79. The van der Waals surface area contributed by atoms with Crippen molar-refractivity contribution in [3.8, 4) is 0 Å². The molecule has 54 valence electrons. The van der Waals surface area contributed by atoms with Crippen molar-refractivity contribution in [2.45, 2.75) is 5.54 Å². The van der Waals surface area contributed by atoms with Crippen molar-refractivity contribution in [2.24, 2.45) is 5.18 Å². The van der Waals surface area contributed by atoms with Crippen LogP contribution in [0.4, 0.5) is 0 Å². The van der Waals surface area contributed by atoms with Crippen molar-refractivity contribution in [2.75, 3.05) is 19.8 Å². The van der Waals surface area contributed by atoms with Gasteiger partial charge in [-0.3, -0.25) is 0 Å². The van der Waals surface area contributed by atoms with Crippen LogP contribution >= 0.6 is 0 Å². The molecule has 0 bridgehead atoms. The largest absolute Gasteiger partial charge is 0.394 e. The van der Waals surface area contributed by atoms with Crippen molar-refractivity contribution < 1.29 is 15.3 Å². The highest BCUT2D eigenvalue weighted by molar-refractivity contribution is 4.85. The highest BCUT2D eigenvalue weighted by Crippen LogP contribution is 2.06. The van der Waals surface area contributed by atoms with Crippen LogP contribution in [0.1, 0.15) is 0 Å². The van der Waals surface area contributed by atoms with Gasteiger partial charge in [0.15, 0.2) is 5.54 Å². The van der Waals surface area contributed by atoms with Crippen molar-refractivity contribution in [1.82, 2.24) is 0 Å². The van der Waals surface area contributed by atoms with Gasteiger partial charge in [-0.1, -0.05) is 5.18 Å². The van der Waals surface area contributed by atoms with Crippen LogP contribution in [0.15, 0.2) is 5.18 Å². The first kappa shape index (κ1) is 8.48. The van der Waals surface area contributed by atoms with Crippen LogP contribution in [0.25, 0.3) is 0 Å². The van der Waals surface area contributed by atoms with E-state index >= 15 is 0 Å². The van der Waals surface area contributed by atoms with Crippen LogP contribution in [-0.2, 0) is 0 Å². The van der Waals surface area contributed by atoms with Gasteiger partial charge in [-0.2, -0.15) is 0 Å². The Morgan fingerprint density at radius 3 is 1.44 bits per heavy atom. The molecule has 5 heteroatoms. The highest BCUT2D eigenvalue weighted by Gasteiger charge is 2.28. The fourth-order valence-corrected chi connectivity index (χ4v) is 0.237. The lowest BCUT2D eigenvalue weighted by Crippen LogP contribution is -2.39. The van der Waals surface area contributed by atoms with Gasteiger partial charge in [0.25, 0.3) is 0 Å². The molecule has 0 aromatic heterocycles. The summed E-state index contributed by atoms with van der Waals surface area (Å²) < 4.78 is 0. The van der Waals surface area contributed by atoms with Gasteiger partial charge >= 0.3 is 0 Å². The molecule has 0 aliphatic heterocycles. The van der Waals surface area contributed by atoms with Gasteiger partial charge in [0.2, 0.25) is 0 Å². The molecule has 0 aliphatic carbocycles. The van der Waals surface area contributed by atoms with E-state index in [1.165, 1.54) is 0 Å². The molecule has 9 heavy (non-hydrogen) atoms. The van der Waals surface area contributed by atoms with Crippen LogP contribution in [0.2, 0.25) is 0 Å². The number of nitroso groups, excluding NO2 is 1. The van der Waals surface area contributed by atoms with Crippen molar-refractivity contribution in [3.05, 3.63) is 4.91 Å². The van der Waals surface area contributed by atoms with Gasteiger partial charge < -0.3 is 15.3 Å². The maximum absolute atomic E-state index is 9.79. The molecule has 0 heterocycles. The molecular formula is C4H9NO4. The Kier molecular flexibility index (Phi) is 3.29. The summed E-state index contributed by atoms with van der Waals surface area (Å²) in [6.07, 6.45) is 0. The topological polar surface area (TPSA) is 90.1 Å². The molecule has 0 saturated carbocycles. The summed E-state index contributed by atoms with van der Waals surface area (Å²) in [4.78, 5) is 9.79. The fourth-order valence-electron chi connectivity index (χ4n) is 0.237. The first-order valence-electron chi connectivity index (χ1n) is 2.42. The normalized spacial score (nSPS) is 11.4. The van der Waals surface area contributed by atoms with Crippen LogP contribution in [0.3, 0.4) is 0 Å². The lowest BCUT2D eigenvalue weighted by atomic mass is 10.1. The predicted octanol–water partition coefficient (Wildman–Crippen LogP) is -1.53. The van der Waals surface area contributed by atoms with Crippen LogP contribution in [0.5, 0.6) is 0 Å². The Morgan fingerprint density at radius 1 is 1.11 bits per heavy atom. The zero-order chi connectivity index (χ0) is 7.33. The lowest BCUT2D eigenvalue weighted by Gasteiger charge is -2.16. The van der Waals surface area contributed by atoms with E-state index in [0.29, 0.717) is 0 Å². The number of aliphatic hydroxyl groups excluding tert-OH is 3. The Labute approximate surface area is 51.9 Å². The number of hydrogen-bond acceptors (Lipinski definition) is 5. The maximum atomic E-state index is 9.79. The van der Waals surface area contributed by atoms with E-state index in [4.69, 9.17) is 15.3 Å². The van der Waals surface area contributed by atoms with E-state index < -0.39 is 25.4 Å². The zero-order valence-electron chi connectivity index (χ0n) is 4.82. The molecule has 0 amide bonds. The lowest BCUT2D eigenvalue weighted by molar-refractivity contribution is 0.0703. The first-order valence-corrected chi connectivity index (χ1v) is 2.42. The first-order chi connectivity index (χ1) is 4.24. The molecule has 0 aromatic carbocycles. The molecule has 0 aliphatic rings. The third kappa shape index (κ3) is 1.70. The average molecular weight is 135 g/mol.